The van der Waals surface area contributed by atoms with E-state index in [1.807, 2.05) is 0 Å². The topological polar surface area (TPSA) is 66.4 Å². The van der Waals surface area contributed by atoms with Crippen LogP contribution in [0, 0.1) is 17.7 Å². The fourth-order valence-corrected chi connectivity index (χ4v) is 2.96. The van der Waals surface area contributed by atoms with Crippen LogP contribution >= 0.6 is 0 Å². The molecule has 2 N–H and O–H groups in total. The third-order valence-corrected chi connectivity index (χ3v) is 4.15. The highest BCUT2D eigenvalue weighted by atomic mass is 19.1. The number of hydrogen-bond acceptors (Lipinski definition) is 2. The van der Waals surface area contributed by atoms with Crippen molar-refractivity contribution < 1.29 is 19.1 Å². The van der Waals surface area contributed by atoms with E-state index in [1.54, 1.807) is 25.1 Å². The van der Waals surface area contributed by atoms with Gasteiger partial charge in [0.2, 0.25) is 5.91 Å². The first-order valence-corrected chi connectivity index (χ1v) is 7.28. The standard InChI is InChI=1S/C16H20FNO3/c1-10(11-6-4-5-9-14(11)17)18-15(19)12-7-2-3-8-13(12)16(20)21/h4-6,9-10,12-13H,2-3,7-8H2,1H3,(H,18,19)(H,20,21)/t10-,12+,13-/m0/s1. The molecule has 0 aliphatic heterocycles. The average Bonchev–Trinajstić information content (AvgIpc) is 2.47. The minimum atomic E-state index is -0.923. The van der Waals surface area contributed by atoms with Crippen LogP contribution in [0.3, 0.4) is 0 Å². The van der Waals surface area contributed by atoms with Gasteiger partial charge in [-0.25, -0.2) is 4.39 Å². The molecule has 1 aliphatic rings. The summed E-state index contributed by atoms with van der Waals surface area (Å²) in [5.74, 6) is -2.74. The van der Waals surface area contributed by atoms with Gasteiger partial charge in [-0.2, -0.15) is 0 Å². The first-order valence-electron chi connectivity index (χ1n) is 7.28. The predicted molar refractivity (Wildman–Crippen MR) is 76.0 cm³/mol. The Morgan fingerprint density at radius 1 is 1.24 bits per heavy atom. The molecule has 1 aliphatic carbocycles. The number of aliphatic carboxylic acids is 1. The summed E-state index contributed by atoms with van der Waals surface area (Å²) in [5.41, 5.74) is 0.411. The first-order chi connectivity index (χ1) is 10.0. The quantitative estimate of drug-likeness (QED) is 0.897. The van der Waals surface area contributed by atoms with E-state index in [2.05, 4.69) is 5.32 Å². The van der Waals surface area contributed by atoms with E-state index in [0.29, 0.717) is 18.4 Å². The van der Waals surface area contributed by atoms with Gasteiger partial charge in [-0.05, 0) is 25.8 Å². The number of carboxylic acids is 1. The van der Waals surface area contributed by atoms with E-state index >= 15 is 0 Å². The maximum Gasteiger partial charge on any atom is 0.307 e. The number of rotatable bonds is 4. The Kier molecular flexibility index (Phi) is 4.94. The lowest BCUT2D eigenvalue weighted by Gasteiger charge is -2.28. The van der Waals surface area contributed by atoms with Crippen LogP contribution in [0.2, 0.25) is 0 Å². The Balaban J connectivity index is 2.06. The highest BCUT2D eigenvalue weighted by molar-refractivity contribution is 5.85. The molecule has 0 saturated heterocycles. The van der Waals surface area contributed by atoms with Crippen LogP contribution in [0.5, 0.6) is 0 Å². The van der Waals surface area contributed by atoms with Crippen molar-refractivity contribution in [2.45, 2.75) is 38.6 Å². The molecular weight excluding hydrogens is 273 g/mol. The summed E-state index contributed by atoms with van der Waals surface area (Å²) in [6, 6.07) is 5.79. The average molecular weight is 293 g/mol. The van der Waals surface area contributed by atoms with Crippen molar-refractivity contribution in [2.24, 2.45) is 11.8 Å². The molecule has 0 spiro atoms. The second-order valence-corrected chi connectivity index (χ2v) is 5.59. The minimum absolute atomic E-state index is 0.294. The van der Waals surface area contributed by atoms with Gasteiger partial charge in [-0.3, -0.25) is 9.59 Å². The van der Waals surface area contributed by atoms with Crippen LogP contribution in [-0.2, 0) is 9.59 Å². The van der Waals surface area contributed by atoms with Crippen molar-refractivity contribution in [3.63, 3.8) is 0 Å². The third kappa shape index (κ3) is 3.60. The maximum atomic E-state index is 13.7. The number of hydrogen-bond donors (Lipinski definition) is 2. The van der Waals surface area contributed by atoms with Crippen molar-refractivity contribution in [2.75, 3.05) is 0 Å². The second-order valence-electron chi connectivity index (χ2n) is 5.59. The summed E-state index contributed by atoms with van der Waals surface area (Å²) in [6.45, 7) is 1.70. The Labute approximate surface area is 123 Å². The molecule has 1 saturated carbocycles. The van der Waals surface area contributed by atoms with Crippen LogP contribution in [-0.4, -0.2) is 17.0 Å². The molecule has 0 heterocycles. The first kappa shape index (κ1) is 15.5. The Bertz CT molecular complexity index is 532. The SMILES string of the molecule is C[C@H](NC(=O)[C@@H]1CCCC[C@@H]1C(=O)O)c1ccccc1F. The molecule has 21 heavy (non-hydrogen) atoms. The molecule has 0 unspecified atom stereocenters. The van der Waals surface area contributed by atoms with Gasteiger partial charge in [0.15, 0.2) is 0 Å². The van der Waals surface area contributed by atoms with Gasteiger partial charge >= 0.3 is 5.97 Å². The van der Waals surface area contributed by atoms with Gasteiger partial charge in [-0.15, -0.1) is 0 Å². The number of amides is 1. The number of carbonyl (C=O) groups excluding carboxylic acids is 1. The highest BCUT2D eigenvalue weighted by Crippen LogP contribution is 2.31. The summed E-state index contributed by atoms with van der Waals surface area (Å²) in [4.78, 5) is 23.6. The molecule has 4 nitrogen and oxygen atoms in total. The maximum absolute atomic E-state index is 13.7. The second kappa shape index (κ2) is 6.70. The molecule has 114 valence electrons. The Hall–Kier alpha value is -1.91. The van der Waals surface area contributed by atoms with Gasteiger partial charge in [0.25, 0.3) is 0 Å². The smallest absolute Gasteiger partial charge is 0.307 e. The third-order valence-electron chi connectivity index (χ3n) is 4.15. The van der Waals surface area contributed by atoms with E-state index in [9.17, 15) is 19.1 Å². The molecule has 0 aromatic heterocycles. The molecule has 1 aromatic carbocycles. The lowest BCUT2D eigenvalue weighted by molar-refractivity contribution is -0.149. The number of nitrogens with one attached hydrogen (secondary N) is 1. The van der Waals surface area contributed by atoms with Crippen LogP contribution in [0.1, 0.15) is 44.2 Å². The normalized spacial score (nSPS) is 23.3. The van der Waals surface area contributed by atoms with Gasteiger partial charge in [-0.1, -0.05) is 31.0 Å². The zero-order chi connectivity index (χ0) is 15.4. The number of benzene rings is 1. The van der Waals surface area contributed by atoms with Crippen LogP contribution in [0.25, 0.3) is 0 Å². The summed E-state index contributed by atoms with van der Waals surface area (Å²) in [5, 5.41) is 12.0. The van der Waals surface area contributed by atoms with Crippen LogP contribution < -0.4 is 5.32 Å². The molecule has 1 aromatic rings. The van der Waals surface area contributed by atoms with E-state index in [4.69, 9.17) is 0 Å². The number of halogens is 1. The Morgan fingerprint density at radius 2 is 1.86 bits per heavy atom. The molecule has 5 heteroatoms. The molecule has 0 bridgehead atoms. The van der Waals surface area contributed by atoms with Gasteiger partial charge in [0, 0.05) is 5.56 Å². The minimum Gasteiger partial charge on any atom is -0.481 e. The fraction of sp³-hybridized carbons (Fsp3) is 0.500. The lowest BCUT2D eigenvalue weighted by Crippen LogP contribution is -2.40. The van der Waals surface area contributed by atoms with E-state index in [-0.39, 0.29) is 11.7 Å². The summed E-state index contributed by atoms with van der Waals surface area (Å²) in [6.07, 6.45) is 2.80. The summed E-state index contributed by atoms with van der Waals surface area (Å²) < 4.78 is 13.7. The molecular formula is C16H20FNO3. The zero-order valence-electron chi connectivity index (χ0n) is 12.0. The molecule has 3 atom stereocenters. The summed E-state index contributed by atoms with van der Waals surface area (Å²) >= 11 is 0. The van der Waals surface area contributed by atoms with Gasteiger partial charge < -0.3 is 10.4 Å². The van der Waals surface area contributed by atoms with Crippen LogP contribution in [0.4, 0.5) is 4.39 Å². The van der Waals surface area contributed by atoms with E-state index < -0.39 is 23.8 Å². The Morgan fingerprint density at radius 3 is 2.48 bits per heavy atom. The molecule has 0 radical (unpaired) electrons. The lowest BCUT2D eigenvalue weighted by atomic mass is 9.78. The summed E-state index contributed by atoms with van der Waals surface area (Å²) in [7, 11) is 0. The predicted octanol–water partition coefficient (Wildman–Crippen LogP) is 2.89. The number of carbonyl (C=O) groups is 2. The van der Waals surface area contributed by atoms with E-state index in [0.717, 1.165) is 12.8 Å². The largest absolute Gasteiger partial charge is 0.481 e. The van der Waals surface area contributed by atoms with Crippen molar-refractivity contribution in [3.05, 3.63) is 35.6 Å². The monoisotopic (exact) mass is 293 g/mol. The zero-order valence-corrected chi connectivity index (χ0v) is 12.0. The fourth-order valence-electron chi connectivity index (χ4n) is 2.96. The van der Waals surface area contributed by atoms with E-state index in [1.165, 1.54) is 6.07 Å². The molecule has 2 rings (SSSR count). The van der Waals surface area contributed by atoms with Crippen molar-refractivity contribution in [1.82, 2.24) is 5.32 Å². The highest BCUT2D eigenvalue weighted by Gasteiger charge is 2.36. The van der Waals surface area contributed by atoms with Crippen molar-refractivity contribution in [3.8, 4) is 0 Å². The molecule has 1 fully saturated rings. The van der Waals surface area contributed by atoms with Gasteiger partial charge in [0.1, 0.15) is 5.82 Å². The van der Waals surface area contributed by atoms with Gasteiger partial charge in [0.05, 0.1) is 17.9 Å². The van der Waals surface area contributed by atoms with Crippen molar-refractivity contribution >= 4 is 11.9 Å². The van der Waals surface area contributed by atoms with Crippen LogP contribution in [0.15, 0.2) is 24.3 Å². The van der Waals surface area contributed by atoms with Crippen molar-refractivity contribution in [1.29, 1.82) is 0 Å². The number of carboxylic acid groups (broad SMARTS) is 1. The molecule has 1 amide bonds.